The molecule has 1 rings (SSSR count). The van der Waals surface area contributed by atoms with Gasteiger partial charge in [-0.3, -0.25) is 4.68 Å². The zero-order valence-electron chi connectivity index (χ0n) is 8.67. The third-order valence-corrected chi connectivity index (χ3v) is 1.97. The van der Waals surface area contributed by atoms with Gasteiger partial charge in [-0.05, 0) is 6.07 Å². The van der Waals surface area contributed by atoms with Gasteiger partial charge in [0.15, 0.2) is 6.29 Å². The molecule has 0 spiro atoms. The number of aryl methyl sites for hydroxylation is 1. The Bertz CT molecular complexity index is 271. The van der Waals surface area contributed by atoms with Crippen molar-refractivity contribution in [1.29, 1.82) is 0 Å². The monoisotopic (exact) mass is 200 g/mol. The molecule has 80 valence electrons. The minimum atomic E-state index is -0.695. The highest BCUT2D eigenvalue weighted by Crippen LogP contribution is 2.06. The number of nitrogens with zero attached hydrogens (tertiary/aromatic N) is 2. The van der Waals surface area contributed by atoms with Crippen LogP contribution in [0.25, 0.3) is 0 Å². The first kappa shape index (κ1) is 11.2. The summed E-state index contributed by atoms with van der Waals surface area (Å²) in [5.41, 5.74) is 0.819. The molecular formula is C9H16N2O3. The second-order valence-electron chi connectivity index (χ2n) is 3.09. The van der Waals surface area contributed by atoms with Crippen molar-refractivity contribution in [2.45, 2.75) is 18.8 Å². The minimum absolute atomic E-state index is 0.424. The molecule has 0 amide bonds. The first-order valence-corrected chi connectivity index (χ1v) is 4.39. The second-order valence-corrected chi connectivity index (χ2v) is 3.09. The number of ether oxygens (including phenoxy) is 2. The van der Waals surface area contributed by atoms with Crippen LogP contribution in [-0.2, 0) is 22.9 Å². The van der Waals surface area contributed by atoms with Gasteiger partial charge in [0.25, 0.3) is 0 Å². The van der Waals surface area contributed by atoms with Crippen LogP contribution in [-0.4, -0.2) is 41.5 Å². The Balaban J connectivity index is 2.51. The van der Waals surface area contributed by atoms with E-state index in [9.17, 15) is 5.11 Å². The van der Waals surface area contributed by atoms with Crippen molar-refractivity contribution in [2.75, 3.05) is 14.2 Å². The quantitative estimate of drug-likeness (QED) is 0.677. The van der Waals surface area contributed by atoms with Crippen molar-refractivity contribution < 1.29 is 14.6 Å². The molecule has 0 aliphatic carbocycles. The summed E-state index contributed by atoms with van der Waals surface area (Å²) in [5, 5.41) is 13.8. The van der Waals surface area contributed by atoms with Gasteiger partial charge in [0.2, 0.25) is 0 Å². The number of methoxy groups -OCH3 is 2. The molecule has 0 aliphatic rings. The highest BCUT2D eigenvalue weighted by Gasteiger charge is 2.19. The standard InChI is InChI=1S/C9H16N2O3/c1-11-5-4-7(10-11)6-8(12)9(13-2)14-3/h4-5,8-9,12H,6H2,1-3H3. The third-order valence-electron chi connectivity index (χ3n) is 1.97. The number of hydrogen-bond acceptors (Lipinski definition) is 4. The van der Waals surface area contributed by atoms with Gasteiger partial charge in [-0.1, -0.05) is 0 Å². The van der Waals surface area contributed by atoms with E-state index in [1.807, 2.05) is 19.3 Å². The average molecular weight is 200 g/mol. The molecule has 0 saturated heterocycles. The number of aromatic nitrogens is 2. The Morgan fingerprint density at radius 3 is 2.57 bits per heavy atom. The van der Waals surface area contributed by atoms with Crippen LogP contribution >= 0.6 is 0 Å². The van der Waals surface area contributed by atoms with E-state index < -0.39 is 12.4 Å². The van der Waals surface area contributed by atoms with E-state index in [1.165, 1.54) is 14.2 Å². The summed E-state index contributed by atoms with van der Waals surface area (Å²) < 4.78 is 11.6. The van der Waals surface area contributed by atoms with Gasteiger partial charge in [0.05, 0.1) is 5.69 Å². The van der Waals surface area contributed by atoms with E-state index in [1.54, 1.807) is 4.68 Å². The van der Waals surface area contributed by atoms with Crippen LogP contribution in [0.4, 0.5) is 0 Å². The van der Waals surface area contributed by atoms with Gasteiger partial charge in [0, 0.05) is 33.9 Å². The van der Waals surface area contributed by atoms with Crippen molar-refractivity contribution in [3.05, 3.63) is 18.0 Å². The number of aliphatic hydroxyl groups is 1. The van der Waals surface area contributed by atoms with Crippen LogP contribution in [0.1, 0.15) is 5.69 Å². The van der Waals surface area contributed by atoms with Crippen molar-refractivity contribution in [2.24, 2.45) is 7.05 Å². The van der Waals surface area contributed by atoms with Crippen LogP contribution in [0.2, 0.25) is 0 Å². The fourth-order valence-electron chi connectivity index (χ4n) is 1.29. The van der Waals surface area contributed by atoms with E-state index in [-0.39, 0.29) is 0 Å². The van der Waals surface area contributed by atoms with Gasteiger partial charge in [0.1, 0.15) is 6.10 Å². The molecule has 5 heteroatoms. The van der Waals surface area contributed by atoms with Crippen molar-refractivity contribution in [3.63, 3.8) is 0 Å². The topological polar surface area (TPSA) is 56.5 Å². The predicted octanol–water partition coefficient (Wildman–Crippen LogP) is -0.0576. The largest absolute Gasteiger partial charge is 0.387 e. The summed E-state index contributed by atoms with van der Waals surface area (Å²) in [6.45, 7) is 0. The van der Waals surface area contributed by atoms with Crippen LogP contribution in [0, 0.1) is 0 Å². The summed E-state index contributed by atoms with van der Waals surface area (Å²) in [5.74, 6) is 0. The zero-order chi connectivity index (χ0) is 10.6. The fourth-order valence-corrected chi connectivity index (χ4v) is 1.29. The highest BCUT2D eigenvalue weighted by molar-refractivity contribution is 5.00. The molecule has 1 heterocycles. The molecule has 0 aliphatic heterocycles. The van der Waals surface area contributed by atoms with Gasteiger partial charge in [-0.15, -0.1) is 0 Å². The molecule has 5 nitrogen and oxygen atoms in total. The van der Waals surface area contributed by atoms with Crippen molar-refractivity contribution in [3.8, 4) is 0 Å². The van der Waals surface area contributed by atoms with Gasteiger partial charge in [-0.25, -0.2) is 0 Å². The van der Waals surface area contributed by atoms with Crippen molar-refractivity contribution >= 4 is 0 Å². The smallest absolute Gasteiger partial charge is 0.183 e. The first-order chi connectivity index (χ1) is 6.67. The highest BCUT2D eigenvalue weighted by atomic mass is 16.7. The zero-order valence-corrected chi connectivity index (χ0v) is 8.67. The maximum absolute atomic E-state index is 9.67. The molecule has 1 aromatic heterocycles. The van der Waals surface area contributed by atoms with E-state index in [0.717, 1.165) is 5.69 Å². The fraction of sp³-hybridized carbons (Fsp3) is 0.667. The predicted molar refractivity (Wildman–Crippen MR) is 50.7 cm³/mol. The summed E-state index contributed by atoms with van der Waals surface area (Å²) in [6.07, 6.45) is 0.959. The molecule has 14 heavy (non-hydrogen) atoms. The number of hydrogen-bond donors (Lipinski definition) is 1. The Labute approximate surface area is 83.2 Å². The molecule has 1 N–H and O–H groups in total. The SMILES string of the molecule is COC(OC)C(O)Cc1ccn(C)n1. The Morgan fingerprint density at radius 2 is 2.14 bits per heavy atom. The summed E-state index contributed by atoms with van der Waals surface area (Å²) in [4.78, 5) is 0. The summed E-state index contributed by atoms with van der Waals surface area (Å²) in [7, 11) is 4.83. The third kappa shape index (κ3) is 2.80. The van der Waals surface area contributed by atoms with E-state index >= 15 is 0 Å². The minimum Gasteiger partial charge on any atom is -0.387 e. The molecule has 0 saturated carbocycles. The Kier molecular flexibility index (Phi) is 4.06. The maximum Gasteiger partial charge on any atom is 0.183 e. The number of aliphatic hydroxyl groups excluding tert-OH is 1. The van der Waals surface area contributed by atoms with Gasteiger partial charge < -0.3 is 14.6 Å². The van der Waals surface area contributed by atoms with E-state index in [2.05, 4.69) is 5.10 Å². The van der Waals surface area contributed by atoms with E-state index in [4.69, 9.17) is 9.47 Å². The van der Waals surface area contributed by atoms with Crippen LogP contribution < -0.4 is 0 Å². The summed E-state index contributed by atoms with van der Waals surface area (Å²) in [6, 6.07) is 1.85. The molecule has 1 aromatic rings. The van der Waals surface area contributed by atoms with Crippen LogP contribution in [0.15, 0.2) is 12.3 Å². The van der Waals surface area contributed by atoms with Gasteiger partial charge >= 0.3 is 0 Å². The van der Waals surface area contributed by atoms with Crippen LogP contribution in [0.3, 0.4) is 0 Å². The average Bonchev–Trinajstić information content (AvgIpc) is 2.53. The lowest BCUT2D eigenvalue weighted by Gasteiger charge is -2.18. The van der Waals surface area contributed by atoms with Crippen LogP contribution in [0.5, 0.6) is 0 Å². The van der Waals surface area contributed by atoms with Gasteiger partial charge in [-0.2, -0.15) is 5.10 Å². The van der Waals surface area contributed by atoms with E-state index in [0.29, 0.717) is 6.42 Å². The molecule has 0 bridgehead atoms. The molecule has 0 radical (unpaired) electrons. The molecular weight excluding hydrogens is 184 g/mol. The summed E-state index contributed by atoms with van der Waals surface area (Å²) >= 11 is 0. The molecule has 0 fully saturated rings. The maximum atomic E-state index is 9.67. The normalized spacial score (nSPS) is 13.5. The Hall–Kier alpha value is -0.910. The lowest BCUT2D eigenvalue weighted by molar-refractivity contribution is -0.163. The lowest BCUT2D eigenvalue weighted by atomic mass is 10.2. The number of rotatable bonds is 5. The lowest BCUT2D eigenvalue weighted by Crippen LogP contribution is -2.31. The van der Waals surface area contributed by atoms with Crippen molar-refractivity contribution in [1.82, 2.24) is 9.78 Å². The molecule has 1 atom stereocenters. The Morgan fingerprint density at radius 1 is 1.50 bits per heavy atom. The first-order valence-electron chi connectivity index (χ1n) is 4.39. The molecule has 1 unspecified atom stereocenters. The second kappa shape index (κ2) is 5.09. The molecule has 0 aromatic carbocycles.